The average Bonchev–Trinajstić information content (AvgIpc) is 1.85. The van der Waals surface area contributed by atoms with Crippen molar-refractivity contribution < 1.29 is 14.4 Å². The van der Waals surface area contributed by atoms with Crippen LogP contribution >= 0.6 is 0 Å². The van der Waals surface area contributed by atoms with Gasteiger partial charge in [-0.15, -0.1) is 0 Å². The molecule has 5 nitrogen and oxygen atoms in total. The SMILES string of the molecule is O=[N+]([O-])C1CC(O)(F)CCN1. The highest BCUT2D eigenvalue weighted by molar-refractivity contribution is 4.76. The number of nitrogens with zero attached hydrogens (tertiary/aromatic N) is 1. The van der Waals surface area contributed by atoms with Gasteiger partial charge in [0.2, 0.25) is 5.85 Å². The lowest BCUT2D eigenvalue weighted by atomic mass is 10.1. The zero-order valence-electron chi connectivity index (χ0n) is 5.79. The van der Waals surface area contributed by atoms with Gasteiger partial charge in [0.25, 0.3) is 6.17 Å². The maximum Gasteiger partial charge on any atom is 0.271 e. The van der Waals surface area contributed by atoms with Crippen LogP contribution in [-0.2, 0) is 0 Å². The van der Waals surface area contributed by atoms with Crippen molar-refractivity contribution in [3.63, 3.8) is 0 Å². The number of hydrogen-bond donors (Lipinski definition) is 2. The lowest BCUT2D eigenvalue weighted by molar-refractivity contribution is -0.538. The van der Waals surface area contributed by atoms with Gasteiger partial charge in [-0.1, -0.05) is 0 Å². The Bertz CT molecular complexity index is 173. The van der Waals surface area contributed by atoms with E-state index in [1.807, 2.05) is 0 Å². The first-order chi connectivity index (χ1) is 5.01. The highest BCUT2D eigenvalue weighted by Crippen LogP contribution is 2.22. The third-order valence-electron chi connectivity index (χ3n) is 1.65. The third kappa shape index (κ3) is 2.09. The van der Waals surface area contributed by atoms with E-state index in [0.29, 0.717) is 0 Å². The Labute approximate surface area is 62.4 Å². The van der Waals surface area contributed by atoms with E-state index in [0.717, 1.165) is 0 Å². The third-order valence-corrected chi connectivity index (χ3v) is 1.65. The van der Waals surface area contributed by atoms with Crippen LogP contribution in [-0.4, -0.2) is 28.6 Å². The van der Waals surface area contributed by atoms with Crippen molar-refractivity contribution in [3.05, 3.63) is 10.1 Å². The lowest BCUT2D eigenvalue weighted by Gasteiger charge is -2.26. The molecule has 1 fully saturated rings. The summed E-state index contributed by atoms with van der Waals surface area (Å²) in [5.41, 5.74) is 0. The number of piperidine rings is 1. The number of halogens is 1. The Morgan fingerprint density at radius 1 is 1.82 bits per heavy atom. The fourth-order valence-electron chi connectivity index (χ4n) is 1.05. The van der Waals surface area contributed by atoms with Crippen molar-refractivity contribution in [2.75, 3.05) is 6.54 Å². The molecule has 64 valence electrons. The van der Waals surface area contributed by atoms with Crippen LogP contribution in [0.3, 0.4) is 0 Å². The minimum atomic E-state index is -2.37. The topological polar surface area (TPSA) is 75.4 Å². The minimum absolute atomic E-state index is 0.0860. The molecule has 0 radical (unpaired) electrons. The molecule has 2 atom stereocenters. The molecule has 1 saturated heterocycles. The summed E-state index contributed by atoms with van der Waals surface area (Å²) in [5, 5.41) is 21.4. The Balaban J connectivity index is 2.53. The van der Waals surface area contributed by atoms with Gasteiger partial charge >= 0.3 is 0 Å². The molecule has 0 saturated carbocycles. The second kappa shape index (κ2) is 2.71. The highest BCUT2D eigenvalue weighted by atomic mass is 19.2. The number of aliphatic hydroxyl groups is 1. The van der Waals surface area contributed by atoms with Crippen LogP contribution in [0.15, 0.2) is 0 Å². The van der Waals surface area contributed by atoms with Gasteiger partial charge in [-0.25, -0.2) is 4.39 Å². The van der Waals surface area contributed by atoms with E-state index in [9.17, 15) is 14.5 Å². The van der Waals surface area contributed by atoms with E-state index in [1.54, 1.807) is 0 Å². The molecular weight excluding hydrogens is 155 g/mol. The molecule has 11 heavy (non-hydrogen) atoms. The quantitative estimate of drug-likeness (QED) is 0.409. The monoisotopic (exact) mass is 164 g/mol. The first-order valence-electron chi connectivity index (χ1n) is 3.29. The number of nitrogens with one attached hydrogen (secondary N) is 1. The fraction of sp³-hybridized carbons (Fsp3) is 1.00. The van der Waals surface area contributed by atoms with Crippen LogP contribution in [0, 0.1) is 10.1 Å². The Hall–Kier alpha value is -0.750. The summed E-state index contributed by atoms with van der Waals surface area (Å²) in [6.07, 6.45) is -1.71. The van der Waals surface area contributed by atoms with Gasteiger partial charge in [-0.05, 0) is 0 Å². The van der Waals surface area contributed by atoms with Gasteiger partial charge < -0.3 is 5.11 Å². The minimum Gasteiger partial charge on any atom is -0.361 e. The first-order valence-corrected chi connectivity index (χ1v) is 3.29. The summed E-state index contributed by atoms with van der Waals surface area (Å²) in [6.45, 7) is 0.138. The maximum atomic E-state index is 12.7. The van der Waals surface area contributed by atoms with Crippen LogP contribution in [0.4, 0.5) is 4.39 Å². The standard InChI is InChI=1S/C5H9FN2O3/c6-5(9)1-2-7-4(3-5)8(10)11/h4,7,9H,1-3H2. The van der Waals surface area contributed by atoms with Gasteiger partial charge in [0.1, 0.15) is 0 Å². The molecule has 1 aliphatic rings. The van der Waals surface area contributed by atoms with E-state index in [-0.39, 0.29) is 13.0 Å². The highest BCUT2D eigenvalue weighted by Gasteiger charge is 2.39. The van der Waals surface area contributed by atoms with Gasteiger partial charge in [0, 0.05) is 17.9 Å². The molecule has 0 amide bonds. The van der Waals surface area contributed by atoms with Crippen LogP contribution in [0.1, 0.15) is 12.8 Å². The van der Waals surface area contributed by atoms with Gasteiger partial charge in [-0.3, -0.25) is 15.4 Å². The molecule has 0 bridgehead atoms. The predicted octanol–water partition coefficient (Wildman–Crippen LogP) is -0.369. The van der Waals surface area contributed by atoms with Crippen molar-refractivity contribution >= 4 is 0 Å². The lowest BCUT2D eigenvalue weighted by Crippen LogP contribution is -2.49. The fourth-order valence-corrected chi connectivity index (χ4v) is 1.05. The first kappa shape index (κ1) is 8.35. The Morgan fingerprint density at radius 3 is 2.82 bits per heavy atom. The average molecular weight is 164 g/mol. The second-order valence-electron chi connectivity index (χ2n) is 2.63. The molecule has 1 rings (SSSR count). The summed E-state index contributed by atoms with van der Waals surface area (Å²) in [7, 11) is 0. The zero-order valence-corrected chi connectivity index (χ0v) is 5.79. The number of rotatable bonds is 1. The molecule has 2 N–H and O–H groups in total. The van der Waals surface area contributed by atoms with Crippen LogP contribution in [0.25, 0.3) is 0 Å². The Kier molecular flexibility index (Phi) is 2.05. The smallest absolute Gasteiger partial charge is 0.271 e. The predicted molar refractivity (Wildman–Crippen MR) is 34.1 cm³/mol. The largest absolute Gasteiger partial charge is 0.361 e. The molecule has 1 aliphatic heterocycles. The molecule has 6 heteroatoms. The number of hydrogen-bond acceptors (Lipinski definition) is 4. The summed E-state index contributed by atoms with van der Waals surface area (Å²) >= 11 is 0. The summed E-state index contributed by atoms with van der Waals surface area (Å²) in [4.78, 5) is 9.47. The van der Waals surface area contributed by atoms with Gasteiger partial charge in [-0.2, -0.15) is 0 Å². The normalized spacial score (nSPS) is 38.5. The second-order valence-corrected chi connectivity index (χ2v) is 2.63. The molecular formula is C5H9FN2O3. The number of alkyl halides is 1. The van der Waals surface area contributed by atoms with E-state index in [4.69, 9.17) is 5.11 Å². The van der Waals surface area contributed by atoms with Crippen molar-refractivity contribution in [1.29, 1.82) is 0 Å². The molecule has 0 aromatic carbocycles. The molecule has 0 spiro atoms. The molecule has 2 unspecified atom stereocenters. The molecule has 0 aromatic rings. The van der Waals surface area contributed by atoms with Gasteiger partial charge in [0.15, 0.2) is 0 Å². The van der Waals surface area contributed by atoms with Crippen molar-refractivity contribution in [2.24, 2.45) is 0 Å². The van der Waals surface area contributed by atoms with Crippen LogP contribution in [0.2, 0.25) is 0 Å². The number of nitro groups is 1. The van der Waals surface area contributed by atoms with Crippen molar-refractivity contribution in [2.45, 2.75) is 24.9 Å². The summed E-state index contributed by atoms with van der Waals surface area (Å²) in [5.74, 6) is -2.37. The van der Waals surface area contributed by atoms with E-state index < -0.39 is 23.4 Å². The maximum absolute atomic E-state index is 12.7. The van der Waals surface area contributed by atoms with Crippen LogP contribution < -0.4 is 5.32 Å². The Morgan fingerprint density at radius 2 is 2.45 bits per heavy atom. The zero-order chi connectivity index (χ0) is 8.48. The van der Waals surface area contributed by atoms with Crippen molar-refractivity contribution in [1.82, 2.24) is 5.32 Å². The molecule has 0 aromatic heterocycles. The molecule has 1 heterocycles. The van der Waals surface area contributed by atoms with Crippen molar-refractivity contribution in [3.8, 4) is 0 Å². The van der Waals surface area contributed by atoms with E-state index in [1.165, 1.54) is 0 Å². The summed E-state index contributed by atoms with van der Waals surface area (Å²) < 4.78 is 12.7. The summed E-state index contributed by atoms with van der Waals surface area (Å²) in [6, 6.07) is 0. The van der Waals surface area contributed by atoms with E-state index >= 15 is 0 Å². The van der Waals surface area contributed by atoms with E-state index in [2.05, 4.69) is 5.32 Å². The van der Waals surface area contributed by atoms with Crippen LogP contribution in [0.5, 0.6) is 0 Å². The van der Waals surface area contributed by atoms with Gasteiger partial charge in [0.05, 0.1) is 6.42 Å². The molecule has 0 aliphatic carbocycles.